The number of hydrogen-bond acceptors (Lipinski definition) is 7. The van der Waals surface area contributed by atoms with Gasteiger partial charge in [-0.15, -0.1) is 0 Å². The minimum atomic E-state index is -0.851. The van der Waals surface area contributed by atoms with E-state index in [2.05, 4.69) is 23.9 Å². The monoisotopic (exact) mass is 372 g/mol. The third-order valence-electron chi connectivity index (χ3n) is 5.06. The van der Waals surface area contributed by atoms with Crippen molar-refractivity contribution in [3.63, 3.8) is 0 Å². The highest BCUT2D eigenvalue weighted by molar-refractivity contribution is 5.73. The van der Waals surface area contributed by atoms with E-state index in [-0.39, 0.29) is 23.9 Å². The van der Waals surface area contributed by atoms with Crippen LogP contribution in [-0.4, -0.2) is 49.4 Å². The Morgan fingerprint density at radius 3 is 2.23 bits per heavy atom. The van der Waals surface area contributed by atoms with Gasteiger partial charge in [-0.1, -0.05) is 26.7 Å². The van der Waals surface area contributed by atoms with E-state index < -0.39 is 24.3 Å². The van der Waals surface area contributed by atoms with E-state index in [9.17, 15) is 14.4 Å². The maximum Gasteiger partial charge on any atom is 0.508 e. The molecular formula is C18H32N2O6. The standard InChI is InChI=1S/C18H32N2O6/c1-6-12(7-2)8-14(20-10(3)21)16-13(19)9-15(26-18(23)24-5)17(16)25-11(4)22/h12-17H,6-9,19H2,1-5H3,(H,20,21)/t13-,14?,15-,16+,17+/m1/s1. The summed E-state index contributed by atoms with van der Waals surface area (Å²) in [7, 11) is 1.21. The van der Waals surface area contributed by atoms with Gasteiger partial charge in [0.05, 0.1) is 7.11 Å². The van der Waals surface area contributed by atoms with Crippen LogP contribution in [-0.2, 0) is 23.8 Å². The highest BCUT2D eigenvalue weighted by Gasteiger charge is 2.50. The predicted octanol–water partition coefficient (Wildman–Crippen LogP) is 1.75. The Balaban J connectivity index is 3.10. The molecule has 8 nitrogen and oxygen atoms in total. The summed E-state index contributed by atoms with van der Waals surface area (Å²) in [5.74, 6) is -0.612. The lowest BCUT2D eigenvalue weighted by molar-refractivity contribution is -0.155. The van der Waals surface area contributed by atoms with Crippen molar-refractivity contribution in [1.29, 1.82) is 0 Å². The lowest BCUT2D eigenvalue weighted by Gasteiger charge is -2.34. The Hall–Kier alpha value is -1.83. The van der Waals surface area contributed by atoms with Crippen molar-refractivity contribution in [2.45, 2.75) is 77.7 Å². The van der Waals surface area contributed by atoms with Crippen LogP contribution in [0.3, 0.4) is 0 Å². The molecule has 1 aliphatic rings. The quantitative estimate of drug-likeness (QED) is 0.623. The van der Waals surface area contributed by atoms with Gasteiger partial charge in [0.1, 0.15) is 12.2 Å². The first-order valence-corrected chi connectivity index (χ1v) is 9.17. The minimum absolute atomic E-state index is 0.174. The van der Waals surface area contributed by atoms with Gasteiger partial charge in [-0.3, -0.25) is 9.59 Å². The Kier molecular flexibility index (Phi) is 8.84. The molecule has 1 amide bonds. The Labute approximate surface area is 155 Å². The van der Waals surface area contributed by atoms with Crippen molar-refractivity contribution >= 4 is 18.0 Å². The zero-order valence-electron chi connectivity index (χ0n) is 16.3. The molecule has 0 radical (unpaired) electrons. The smallest absolute Gasteiger partial charge is 0.458 e. The average molecular weight is 372 g/mol. The number of amides is 1. The number of methoxy groups -OCH3 is 1. The molecule has 150 valence electrons. The fourth-order valence-corrected chi connectivity index (χ4v) is 3.77. The zero-order valence-corrected chi connectivity index (χ0v) is 16.3. The van der Waals surface area contributed by atoms with Gasteiger partial charge in [0.15, 0.2) is 0 Å². The van der Waals surface area contributed by atoms with Gasteiger partial charge < -0.3 is 25.3 Å². The van der Waals surface area contributed by atoms with Gasteiger partial charge in [-0.2, -0.15) is 0 Å². The van der Waals surface area contributed by atoms with E-state index in [1.54, 1.807) is 0 Å². The molecule has 5 atom stereocenters. The molecule has 1 fully saturated rings. The van der Waals surface area contributed by atoms with Gasteiger partial charge >= 0.3 is 12.1 Å². The van der Waals surface area contributed by atoms with Crippen LogP contribution in [0, 0.1) is 11.8 Å². The summed E-state index contributed by atoms with van der Waals surface area (Å²) in [6.07, 6.45) is 0.696. The molecule has 1 aliphatic carbocycles. The van der Waals surface area contributed by atoms with Crippen molar-refractivity contribution < 1.29 is 28.6 Å². The van der Waals surface area contributed by atoms with E-state index in [1.807, 2.05) is 0 Å². The van der Waals surface area contributed by atoms with Crippen molar-refractivity contribution in [3.05, 3.63) is 0 Å². The van der Waals surface area contributed by atoms with Crippen LogP contribution in [0.25, 0.3) is 0 Å². The maximum atomic E-state index is 11.7. The summed E-state index contributed by atoms with van der Waals surface area (Å²) in [4.78, 5) is 34.9. The molecular weight excluding hydrogens is 340 g/mol. The van der Waals surface area contributed by atoms with Crippen LogP contribution >= 0.6 is 0 Å². The Bertz CT molecular complexity index is 494. The molecule has 0 heterocycles. The molecule has 0 aromatic heterocycles. The predicted molar refractivity (Wildman–Crippen MR) is 95.2 cm³/mol. The van der Waals surface area contributed by atoms with Gasteiger partial charge in [0.2, 0.25) is 5.91 Å². The van der Waals surface area contributed by atoms with Gasteiger partial charge in [0, 0.05) is 38.3 Å². The third-order valence-corrected chi connectivity index (χ3v) is 5.06. The average Bonchev–Trinajstić information content (AvgIpc) is 2.85. The van der Waals surface area contributed by atoms with E-state index in [0.29, 0.717) is 18.8 Å². The highest BCUT2D eigenvalue weighted by atomic mass is 16.7. The fourth-order valence-electron chi connectivity index (χ4n) is 3.77. The minimum Gasteiger partial charge on any atom is -0.458 e. The lowest BCUT2D eigenvalue weighted by atomic mass is 9.84. The Morgan fingerprint density at radius 1 is 1.15 bits per heavy atom. The summed E-state index contributed by atoms with van der Waals surface area (Å²) >= 11 is 0. The summed E-state index contributed by atoms with van der Waals surface area (Å²) in [5, 5.41) is 2.96. The topological polar surface area (TPSA) is 117 Å². The lowest BCUT2D eigenvalue weighted by Crippen LogP contribution is -2.51. The number of ether oxygens (including phenoxy) is 3. The third kappa shape index (κ3) is 6.16. The largest absolute Gasteiger partial charge is 0.508 e. The zero-order chi connectivity index (χ0) is 19.9. The van der Waals surface area contributed by atoms with Crippen LogP contribution in [0.2, 0.25) is 0 Å². The van der Waals surface area contributed by atoms with Crippen LogP contribution in [0.4, 0.5) is 4.79 Å². The van der Waals surface area contributed by atoms with E-state index in [1.165, 1.54) is 21.0 Å². The maximum absolute atomic E-state index is 11.7. The van der Waals surface area contributed by atoms with Crippen LogP contribution < -0.4 is 11.1 Å². The summed E-state index contributed by atoms with van der Waals surface area (Å²) < 4.78 is 15.3. The number of nitrogens with one attached hydrogen (secondary N) is 1. The molecule has 1 saturated carbocycles. The normalized spacial score (nSPS) is 26.3. The molecule has 0 aromatic carbocycles. The first kappa shape index (κ1) is 22.2. The number of nitrogens with two attached hydrogens (primary N) is 1. The molecule has 0 spiro atoms. The van der Waals surface area contributed by atoms with Gasteiger partial charge in [0.25, 0.3) is 0 Å². The van der Waals surface area contributed by atoms with E-state index >= 15 is 0 Å². The second-order valence-corrected chi connectivity index (χ2v) is 6.89. The number of hydrogen-bond donors (Lipinski definition) is 2. The Morgan fingerprint density at radius 2 is 1.77 bits per heavy atom. The van der Waals surface area contributed by atoms with Crippen LogP contribution in [0.5, 0.6) is 0 Å². The van der Waals surface area contributed by atoms with Crippen molar-refractivity contribution in [3.8, 4) is 0 Å². The summed E-state index contributed by atoms with van der Waals surface area (Å²) in [6.45, 7) is 6.94. The number of carbonyl (C=O) groups is 3. The number of esters is 1. The van der Waals surface area contributed by atoms with Crippen molar-refractivity contribution in [2.24, 2.45) is 17.6 Å². The second kappa shape index (κ2) is 10.4. The number of rotatable bonds is 8. The van der Waals surface area contributed by atoms with Crippen molar-refractivity contribution in [2.75, 3.05) is 7.11 Å². The van der Waals surface area contributed by atoms with E-state index in [0.717, 1.165) is 12.8 Å². The molecule has 1 rings (SSSR count). The molecule has 0 aliphatic heterocycles. The van der Waals surface area contributed by atoms with Crippen LogP contribution in [0.1, 0.15) is 53.4 Å². The SMILES string of the molecule is CCC(CC)CC(NC(C)=O)[C@H]1[C@@H](OC(C)=O)[C@H](OC(=O)OC)C[C@H]1N. The van der Waals surface area contributed by atoms with Crippen molar-refractivity contribution in [1.82, 2.24) is 5.32 Å². The molecule has 26 heavy (non-hydrogen) atoms. The summed E-state index contributed by atoms with van der Waals surface area (Å²) in [6, 6.07) is -0.664. The molecule has 0 aromatic rings. The van der Waals surface area contributed by atoms with E-state index in [4.69, 9.17) is 15.2 Å². The molecule has 1 unspecified atom stereocenters. The molecule has 0 bridgehead atoms. The van der Waals surface area contributed by atoms with Crippen LogP contribution in [0.15, 0.2) is 0 Å². The van der Waals surface area contributed by atoms with Gasteiger partial charge in [-0.25, -0.2) is 4.79 Å². The van der Waals surface area contributed by atoms with Gasteiger partial charge in [-0.05, 0) is 12.3 Å². The molecule has 3 N–H and O–H groups in total. The first-order valence-electron chi connectivity index (χ1n) is 9.17. The number of carbonyl (C=O) groups excluding carboxylic acids is 3. The first-order chi connectivity index (χ1) is 12.2. The molecule has 8 heteroatoms. The fraction of sp³-hybridized carbons (Fsp3) is 0.833. The highest BCUT2D eigenvalue weighted by Crippen LogP contribution is 2.36. The second-order valence-electron chi connectivity index (χ2n) is 6.89. The molecule has 0 saturated heterocycles. The summed E-state index contributed by atoms with van der Waals surface area (Å²) in [5.41, 5.74) is 6.31.